The molecule has 1 atom stereocenters. The maximum absolute atomic E-state index is 3.92. The molecule has 11 heavy (non-hydrogen) atoms. The van der Waals surface area contributed by atoms with Gasteiger partial charge in [-0.2, -0.15) is 36.9 Å². The van der Waals surface area contributed by atoms with E-state index in [9.17, 15) is 0 Å². The average Bonchev–Trinajstić information content (AvgIpc) is 1.53. The zero-order chi connectivity index (χ0) is 9.07. The third kappa shape index (κ3) is 7.33. The lowest BCUT2D eigenvalue weighted by Gasteiger charge is -2.36. The van der Waals surface area contributed by atoms with E-state index in [1.165, 1.54) is 5.57 Å². The molecule has 0 aliphatic carbocycles. The van der Waals surface area contributed by atoms with Crippen LogP contribution in [0.5, 0.6) is 0 Å². The zero-order valence-corrected chi connectivity index (χ0v) is 10.8. The standard InChI is InChI=1S/C8H16BIP/c1-7(2)5-8(3,4)6-9(10)11/h6H,1,5,11H2,2-4H3/q-1. The summed E-state index contributed by atoms with van der Waals surface area (Å²) in [6, 6.07) is 0. The summed E-state index contributed by atoms with van der Waals surface area (Å²) in [5.41, 5.74) is 1.55. The maximum atomic E-state index is 3.92. The lowest BCUT2D eigenvalue weighted by molar-refractivity contribution is 0.458. The van der Waals surface area contributed by atoms with Gasteiger partial charge in [-0.1, -0.05) is 25.8 Å². The van der Waals surface area contributed by atoms with Gasteiger partial charge in [-0.05, 0) is 6.92 Å². The fourth-order valence-electron chi connectivity index (χ4n) is 1.27. The van der Waals surface area contributed by atoms with Crippen molar-refractivity contribution in [2.75, 3.05) is 0 Å². The molecular weight excluding hydrogens is 265 g/mol. The first-order chi connectivity index (χ1) is 4.83. The van der Waals surface area contributed by atoms with E-state index in [1.807, 2.05) is 0 Å². The van der Waals surface area contributed by atoms with Crippen LogP contribution in [0, 0.1) is 11.7 Å². The summed E-state index contributed by atoms with van der Waals surface area (Å²) in [4.78, 5) is 0. The average molecular weight is 281 g/mol. The van der Waals surface area contributed by atoms with Gasteiger partial charge in [0.25, 0.3) is 0 Å². The predicted molar refractivity (Wildman–Crippen MR) is 67.0 cm³/mol. The van der Waals surface area contributed by atoms with Gasteiger partial charge in [-0.15, -0.1) is 6.58 Å². The van der Waals surface area contributed by atoms with Gasteiger partial charge < -0.3 is 6.32 Å². The molecule has 0 aromatic carbocycles. The van der Waals surface area contributed by atoms with Gasteiger partial charge in [-0.25, -0.2) is 0 Å². The van der Waals surface area contributed by atoms with E-state index in [2.05, 4.69) is 65.2 Å². The minimum atomic E-state index is 0.291. The smallest absolute Gasteiger partial charge is 0.0769 e. The van der Waals surface area contributed by atoms with Crippen LogP contribution in [0.25, 0.3) is 0 Å². The monoisotopic (exact) mass is 281 g/mol. The summed E-state index contributed by atoms with van der Waals surface area (Å²) in [7, 11) is 2.78. The first-order valence-corrected chi connectivity index (χ1v) is 5.65. The van der Waals surface area contributed by atoms with Crippen molar-refractivity contribution in [1.29, 1.82) is 0 Å². The number of rotatable bonds is 4. The van der Waals surface area contributed by atoms with Gasteiger partial charge in [-0.3, -0.25) is 0 Å². The Morgan fingerprint density at radius 2 is 2.18 bits per heavy atom. The molecule has 0 saturated carbocycles. The highest BCUT2D eigenvalue weighted by molar-refractivity contribution is 14.1. The summed E-state index contributed by atoms with van der Waals surface area (Å²) in [6.45, 7) is 10.5. The number of allylic oxidation sites excluding steroid dienone is 1. The molecule has 0 aromatic rings. The molecule has 0 aliphatic heterocycles. The van der Waals surface area contributed by atoms with Crippen molar-refractivity contribution in [3.05, 3.63) is 18.5 Å². The molecule has 0 radical (unpaired) electrons. The maximum Gasteiger partial charge on any atom is 0.0769 e. The van der Waals surface area contributed by atoms with Crippen molar-refractivity contribution >= 4 is 35.8 Å². The molecular formula is C8H16BIP-. The van der Waals surface area contributed by atoms with Crippen LogP contribution in [0.15, 0.2) is 12.2 Å². The van der Waals surface area contributed by atoms with Crippen molar-refractivity contribution in [3.8, 4) is 0 Å². The Morgan fingerprint density at radius 3 is 2.45 bits per heavy atom. The Morgan fingerprint density at radius 1 is 1.73 bits per heavy atom. The highest BCUT2D eigenvalue weighted by Gasteiger charge is 2.10. The summed E-state index contributed by atoms with van der Waals surface area (Å²) in [6.07, 6.45) is 3.42. The van der Waals surface area contributed by atoms with Crippen molar-refractivity contribution < 1.29 is 0 Å². The van der Waals surface area contributed by atoms with Crippen molar-refractivity contribution in [2.24, 2.45) is 5.41 Å². The molecule has 64 valence electrons. The van der Waals surface area contributed by atoms with E-state index in [1.54, 1.807) is 0 Å². The first-order valence-electron chi connectivity index (χ1n) is 3.73. The van der Waals surface area contributed by atoms with Crippen LogP contribution in [-0.4, -0.2) is 4.29 Å². The van der Waals surface area contributed by atoms with E-state index < -0.39 is 0 Å². The minimum Gasteiger partial charge on any atom is -0.329 e. The SMILES string of the molecule is C=C(C)CC(C)(C)[CH-]B(P)I. The van der Waals surface area contributed by atoms with Crippen molar-refractivity contribution in [1.82, 2.24) is 0 Å². The summed E-state index contributed by atoms with van der Waals surface area (Å²) in [5.74, 6) is 0. The van der Waals surface area contributed by atoms with E-state index in [0.717, 1.165) is 6.42 Å². The molecule has 0 saturated heterocycles. The molecule has 0 nitrogen and oxygen atoms in total. The summed E-state index contributed by atoms with van der Waals surface area (Å²) >= 11 is 2.39. The highest BCUT2D eigenvalue weighted by Crippen LogP contribution is 2.31. The van der Waals surface area contributed by atoms with Gasteiger partial charge in [0, 0.05) is 0 Å². The van der Waals surface area contributed by atoms with Crippen LogP contribution in [0.4, 0.5) is 0 Å². The van der Waals surface area contributed by atoms with E-state index in [4.69, 9.17) is 0 Å². The number of halogens is 1. The van der Waals surface area contributed by atoms with Crippen LogP contribution in [0.2, 0.25) is 0 Å². The number of hydrogen-bond donors (Lipinski definition) is 0. The van der Waals surface area contributed by atoms with Gasteiger partial charge in [0.15, 0.2) is 0 Å². The molecule has 0 heterocycles. The number of hydrogen-bond acceptors (Lipinski definition) is 0. The van der Waals surface area contributed by atoms with Crippen molar-refractivity contribution in [3.63, 3.8) is 0 Å². The third-order valence-corrected chi connectivity index (χ3v) is 1.92. The molecule has 0 bridgehead atoms. The Balaban J connectivity index is 3.89. The Hall–Kier alpha value is 0.965. The highest BCUT2D eigenvalue weighted by atomic mass is 127. The van der Waals surface area contributed by atoms with E-state index in [0.29, 0.717) is 9.70 Å². The molecule has 3 heteroatoms. The van der Waals surface area contributed by atoms with Gasteiger partial charge in [0.2, 0.25) is 0 Å². The fraction of sp³-hybridized carbons (Fsp3) is 0.625. The first kappa shape index (κ1) is 12.0. The van der Waals surface area contributed by atoms with Gasteiger partial charge in [0.1, 0.15) is 0 Å². The second-order valence-corrected chi connectivity index (χ2v) is 7.25. The third-order valence-electron chi connectivity index (χ3n) is 1.37. The van der Waals surface area contributed by atoms with Crippen LogP contribution < -0.4 is 0 Å². The Labute approximate surface area is 86.7 Å². The molecule has 1 unspecified atom stereocenters. The van der Waals surface area contributed by atoms with Crippen LogP contribution >= 0.6 is 31.5 Å². The summed E-state index contributed by atoms with van der Waals surface area (Å²) in [5, 5.41) is 0. The fourth-order valence-corrected chi connectivity index (χ4v) is 2.76. The second-order valence-electron chi connectivity index (χ2n) is 3.73. The van der Waals surface area contributed by atoms with E-state index in [-0.39, 0.29) is 0 Å². The van der Waals surface area contributed by atoms with Crippen molar-refractivity contribution in [2.45, 2.75) is 27.2 Å². The summed E-state index contributed by atoms with van der Waals surface area (Å²) < 4.78 is 0.557. The lowest BCUT2D eigenvalue weighted by atomic mass is 9.74. The zero-order valence-electron chi connectivity index (χ0n) is 7.52. The lowest BCUT2D eigenvalue weighted by Crippen LogP contribution is -2.17. The van der Waals surface area contributed by atoms with Gasteiger partial charge >= 0.3 is 0 Å². The topological polar surface area (TPSA) is 0 Å². The van der Waals surface area contributed by atoms with E-state index >= 15 is 0 Å². The molecule has 0 amide bonds. The Kier molecular flexibility index (Phi) is 5.29. The molecule has 0 fully saturated rings. The van der Waals surface area contributed by atoms with Crippen LogP contribution in [-0.2, 0) is 0 Å². The van der Waals surface area contributed by atoms with Crippen LogP contribution in [0.1, 0.15) is 27.2 Å². The normalized spacial score (nSPS) is 11.4. The largest absolute Gasteiger partial charge is 0.329 e. The second kappa shape index (κ2) is 4.86. The molecule has 0 aromatic heterocycles. The molecule has 0 spiro atoms. The molecule has 0 aliphatic rings. The molecule has 0 rings (SSSR count). The van der Waals surface area contributed by atoms with Crippen LogP contribution in [0.3, 0.4) is 0 Å². The molecule has 0 N–H and O–H groups in total. The Bertz CT molecular complexity index is 143. The quantitative estimate of drug-likeness (QED) is 0.243. The predicted octanol–water partition coefficient (Wildman–Crippen LogP) is 3.52. The minimum absolute atomic E-state index is 0.291. The van der Waals surface area contributed by atoms with Gasteiger partial charge in [0.05, 0.1) is 4.29 Å².